The van der Waals surface area contributed by atoms with Gasteiger partial charge >= 0.3 is 0 Å². The van der Waals surface area contributed by atoms with Gasteiger partial charge < -0.3 is 15.4 Å². The number of hydrogen-bond donors (Lipinski definition) is 1. The van der Waals surface area contributed by atoms with Crippen molar-refractivity contribution in [1.82, 2.24) is 0 Å². The summed E-state index contributed by atoms with van der Waals surface area (Å²) in [5.41, 5.74) is 10.7. The zero-order valence-electron chi connectivity index (χ0n) is 12.7. The van der Waals surface area contributed by atoms with Gasteiger partial charge in [-0.25, -0.2) is 0 Å². The van der Waals surface area contributed by atoms with E-state index in [0.29, 0.717) is 0 Å². The lowest BCUT2D eigenvalue weighted by Crippen LogP contribution is -2.15. The normalized spacial score (nSPS) is 14.9. The third-order valence-electron chi connectivity index (χ3n) is 4.11. The molecule has 0 saturated carbocycles. The van der Waals surface area contributed by atoms with Crippen LogP contribution < -0.4 is 15.4 Å². The van der Waals surface area contributed by atoms with Crippen molar-refractivity contribution in [3.8, 4) is 5.75 Å². The van der Waals surface area contributed by atoms with Crippen LogP contribution in [0.2, 0.25) is 0 Å². The molecule has 21 heavy (non-hydrogen) atoms. The summed E-state index contributed by atoms with van der Waals surface area (Å²) in [5, 5.41) is 0. The van der Waals surface area contributed by atoms with Crippen molar-refractivity contribution in [2.24, 2.45) is 0 Å². The molecular weight excluding hydrogens is 260 g/mol. The summed E-state index contributed by atoms with van der Waals surface area (Å²) in [6.07, 6.45) is 1.25. The van der Waals surface area contributed by atoms with Gasteiger partial charge in [-0.2, -0.15) is 0 Å². The van der Waals surface area contributed by atoms with E-state index in [0.717, 1.165) is 30.9 Å². The summed E-state index contributed by atoms with van der Waals surface area (Å²) in [6, 6.07) is 14.5. The third kappa shape index (κ3) is 2.82. The Morgan fingerprint density at radius 2 is 2.00 bits per heavy atom. The average Bonchev–Trinajstić information content (AvgIpc) is 2.93. The molecule has 2 aromatic carbocycles. The van der Waals surface area contributed by atoms with Gasteiger partial charge in [-0.1, -0.05) is 25.1 Å². The second kappa shape index (κ2) is 5.68. The largest absolute Gasteiger partial charge is 0.491 e. The smallest absolute Gasteiger partial charge is 0.121 e. The Bertz CT molecular complexity index is 639. The quantitative estimate of drug-likeness (QED) is 0.862. The van der Waals surface area contributed by atoms with Crippen LogP contribution in [0.3, 0.4) is 0 Å². The fourth-order valence-corrected chi connectivity index (χ4v) is 2.70. The number of ether oxygens (including phenoxy) is 1. The Morgan fingerprint density at radius 3 is 2.76 bits per heavy atom. The van der Waals surface area contributed by atoms with Crippen molar-refractivity contribution in [2.75, 3.05) is 10.6 Å². The molecule has 3 heteroatoms. The first kappa shape index (κ1) is 13.8. The second-order valence-corrected chi connectivity index (χ2v) is 5.68. The van der Waals surface area contributed by atoms with E-state index in [1.165, 1.54) is 16.8 Å². The highest BCUT2D eigenvalue weighted by atomic mass is 16.5. The Labute approximate surface area is 126 Å². The SMILES string of the molecule is CCC(C)Oc1cccc(N2Cc3cccc(N)c3C2)c1. The van der Waals surface area contributed by atoms with E-state index in [1.54, 1.807) is 0 Å². The van der Waals surface area contributed by atoms with Crippen molar-refractivity contribution in [3.05, 3.63) is 53.6 Å². The van der Waals surface area contributed by atoms with Crippen molar-refractivity contribution in [2.45, 2.75) is 39.5 Å². The predicted molar refractivity (Wildman–Crippen MR) is 87.6 cm³/mol. The molecule has 1 unspecified atom stereocenters. The van der Waals surface area contributed by atoms with Gasteiger partial charge in [0.15, 0.2) is 0 Å². The van der Waals surface area contributed by atoms with Crippen LogP contribution in [-0.4, -0.2) is 6.10 Å². The van der Waals surface area contributed by atoms with Crippen LogP contribution in [0.25, 0.3) is 0 Å². The number of rotatable bonds is 4. The molecule has 0 spiro atoms. The standard InChI is InChI=1S/C18H22N2O/c1-3-13(2)21-16-8-5-7-15(10-16)20-11-14-6-4-9-18(19)17(14)12-20/h4-10,13H,3,11-12,19H2,1-2H3. The molecule has 1 aliphatic heterocycles. The van der Waals surface area contributed by atoms with Crippen molar-refractivity contribution in [1.29, 1.82) is 0 Å². The first-order valence-electron chi connectivity index (χ1n) is 7.55. The molecule has 1 aliphatic rings. The molecule has 0 saturated heterocycles. The first-order chi connectivity index (χ1) is 10.2. The molecule has 1 atom stereocenters. The Hall–Kier alpha value is -2.16. The monoisotopic (exact) mass is 282 g/mol. The number of nitrogens with zero attached hydrogens (tertiary/aromatic N) is 1. The van der Waals surface area contributed by atoms with Crippen molar-refractivity contribution < 1.29 is 4.74 Å². The van der Waals surface area contributed by atoms with Crippen LogP contribution in [-0.2, 0) is 13.1 Å². The lowest BCUT2D eigenvalue weighted by atomic mass is 10.1. The molecule has 0 radical (unpaired) electrons. The molecule has 0 aliphatic carbocycles. The average molecular weight is 282 g/mol. The maximum atomic E-state index is 6.07. The Morgan fingerprint density at radius 1 is 1.19 bits per heavy atom. The van der Waals surface area contributed by atoms with Crippen molar-refractivity contribution >= 4 is 11.4 Å². The fraction of sp³-hybridized carbons (Fsp3) is 0.333. The van der Waals surface area contributed by atoms with Gasteiger partial charge in [0.2, 0.25) is 0 Å². The minimum absolute atomic E-state index is 0.242. The van der Waals surface area contributed by atoms with Crippen LogP contribution in [0.5, 0.6) is 5.75 Å². The van der Waals surface area contributed by atoms with Gasteiger partial charge in [-0.15, -0.1) is 0 Å². The van der Waals surface area contributed by atoms with Gasteiger partial charge in [0, 0.05) is 30.5 Å². The zero-order valence-corrected chi connectivity index (χ0v) is 12.7. The summed E-state index contributed by atoms with van der Waals surface area (Å²) < 4.78 is 5.91. The van der Waals surface area contributed by atoms with E-state index in [1.807, 2.05) is 18.2 Å². The van der Waals surface area contributed by atoms with Crippen LogP contribution in [0.4, 0.5) is 11.4 Å². The summed E-state index contributed by atoms with van der Waals surface area (Å²) in [7, 11) is 0. The van der Waals surface area contributed by atoms with Gasteiger partial charge in [-0.05, 0) is 42.7 Å². The molecule has 2 N–H and O–H groups in total. The molecule has 3 rings (SSSR count). The second-order valence-electron chi connectivity index (χ2n) is 5.68. The van der Waals surface area contributed by atoms with Crippen molar-refractivity contribution in [3.63, 3.8) is 0 Å². The third-order valence-corrected chi connectivity index (χ3v) is 4.11. The van der Waals surface area contributed by atoms with E-state index in [-0.39, 0.29) is 6.10 Å². The van der Waals surface area contributed by atoms with Crippen LogP contribution in [0.15, 0.2) is 42.5 Å². The maximum absolute atomic E-state index is 6.07. The van der Waals surface area contributed by atoms with E-state index in [4.69, 9.17) is 10.5 Å². The molecule has 3 nitrogen and oxygen atoms in total. The Balaban J connectivity index is 1.80. The molecule has 110 valence electrons. The van der Waals surface area contributed by atoms with Crippen LogP contribution in [0, 0.1) is 0 Å². The number of anilines is 2. The molecular formula is C18H22N2O. The highest BCUT2D eigenvalue weighted by Crippen LogP contribution is 2.33. The van der Waals surface area contributed by atoms with Crippen LogP contribution in [0.1, 0.15) is 31.4 Å². The minimum atomic E-state index is 0.242. The summed E-state index contributed by atoms with van der Waals surface area (Å²) in [6.45, 7) is 6.01. The minimum Gasteiger partial charge on any atom is -0.491 e. The van der Waals surface area contributed by atoms with Gasteiger partial charge in [-0.3, -0.25) is 0 Å². The molecule has 0 fully saturated rings. The highest BCUT2D eigenvalue weighted by Gasteiger charge is 2.21. The van der Waals surface area contributed by atoms with Crippen LogP contribution >= 0.6 is 0 Å². The van der Waals surface area contributed by atoms with E-state index < -0.39 is 0 Å². The van der Waals surface area contributed by atoms with Gasteiger partial charge in [0.25, 0.3) is 0 Å². The molecule has 0 aromatic heterocycles. The van der Waals surface area contributed by atoms with E-state index >= 15 is 0 Å². The highest BCUT2D eigenvalue weighted by molar-refractivity contribution is 5.60. The predicted octanol–water partition coefficient (Wildman–Crippen LogP) is 3.97. The summed E-state index contributed by atoms with van der Waals surface area (Å²) in [5.74, 6) is 0.936. The summed E-state index contributed by atoms with van der Waals surface area (Å²) >= 11 is 0. The van der Waals surface area contributed by atoms with Gasteiger partial charge in [0.05, 0.1) is 6.10 Å². The lowest BCUT2D eigenvalue weighted by molar-refractivity contribution is 0.217. The number of fused-ring (bicyclic) bond motifs is 1. The Kier molecular flexibility index (Phi) is 3.74. The number of benzene rings is 2. The van der Waals surface area contributed by atoms with E-state index in [9.17, 15) is 0 Å². The van der Waals surface area contributed by atoms with Gasteiger partial charge in [0.1, 0.15) is 5.75 Å². The van der Waals surface area contributed by atoms with E-state index in [2.05, 4.69) is 43.0 Å². The summed E-state index contributed by atoms with van der Waals surface area (Å²) in [4.78, 5) is 2.34. The molecule has 1 heterocycles. The lowest BCUT2D eigenvalue weighted by Gasteiger charge is -2.20. The number of nitrogens with two attached hydrogens (primary N) is 1. The molecule has 2 aromatic rings. The molecule has 0 amide bonds. The zero-order chi connectivity index (χ0) is 14.8. The first-order valence-corrected chi connectivity index (χ1v) is 7.55. The topological polar surface area (TPSA) is 38.5 Å². The molecule has 0 bridgehead atoms. The number of hydrogen-bond acceptors (Lipinski definition) is 3. The number of nitrogen functional groups attached to an aromatic ring is 1. The fourth-order valence-electron chi connectivity index (χ4n) is 2.70. The maximum Gasteiger partial charge on any atom is 0.121 e.